The molecule has 0 amide bonds. The molecule has 0 radical (unpaired) electrons. The van der Waals surface area contributed by atoms with Crippen LogP contribution in [0.2, 0.25) is 0 Å². The van der Waals surface area contributed by atoms with Crippen molar-refractivity contribution in [2.75, 3.05) is 11.5 Å². The van der Waals surface area contributed by atoms with Gasteiger partial charge in [0.1, 0.15) is 5.60 Å². The van der Waals surface area contributed by atoms with Gasteiger partial charge in [0, 0.05) is 17.7 Å². The van der Waals surface area contributed by atoms with E-state index in [0.717, 1.165) is 22.8 Å². The Kier molecular flexibility index (Phi) is 4.71. The summed E-state index contributed by atoms with van der Waals surface area (Å²) >= 11 is 3.66. The van der Waals surface area contributed by atoms with Crippen LogP contribution in [-0.4, -0.2) is 27.8 Å². The first kappa shape index (κ1) is 15.3. The highest BCUT2D eigenvalue weighted by Gasteiger charge is 2.27. The van der Waals surface area contributed by atoms with Gasteiger partial charge in [-0.15, -0.1) is 23.5 Å². The molecule has 0 bridgehead atoms. The molecule has 1 aliphatic rings. The highest BCUT2D eigenvalue weighted by molar-refractivity contribution is 8.19. The minimum absolute atomic E-state index is 0.245. The SMILES string of the molecule is CC(C)(C)OC(=O)n1cc(CC#N)cc1C1SCCS1. The van der Waals surface area contributed by atoms with E-state index >= 15 is 0 Å². The third-order valence-corrected chi connectivity index (χ3v) is 5.69. The topological polar surface area (TPSA) is 55.0 Å². The van der Waals surface area contributed by atoms with Crippen LogP contribution in [0, 0.1) is 11.3 Å². The molecule has 0 atom stereocenters. The molecule has 1 saturated heterocycles. The molecule has 1 aliphatic heterocycles. The standard InChI is InChI=1S/C14H18N2O2S2/c1-14(2,3)18-13(17)16-9-10(4-5-15)8-11(16)12-19-6-7-20-12/h8-9,12H,4,6-7H2,1-3H3. The van der Waals surface area contributed by atoms with E-state index in [1.54, 1.807) is 10.8 Å². The van der Waals surface area contributed by atoms with E-state index in [4.69, 9.17) is 10.00 Å². The van der Waals surface area contributed by atoms with Crippen molar-refractivity contribution in [1.29, 1.82) is 5.26 Å². The summed E-state index contributed by atoms with van der Waals surface area (Å²) in [5.41, 5.74) is 1.27. The number of nitriles is 1. The third kappa shape index (κ3) is 3.74. The van der Waals surface area contributed by atoms with Gasteiger partial charge in [-0.25, -0.2) is 4.79 Å². The van der Waals surface area contributed by atoms with E-state index in [0.29, 0.717) is 6.42 Å². The van der Waals surface area contributed by atoms with Gasteiger partial charge in [-0.1, -0.05) is 0 Å². The fraction of sp³-hybridized carbons (Fsp3) is 0.571. The zero-order valence-corrected chi connectivity index (χ0v) is 13.5. The number of hydrogen-bond donors (Lipinski definition) is 0. The maximum Gasteiger partial charge on any atom is 0.418 e. The van der Waals surface area contributed by atoms with Crippen molar-refractivity contribution in [3.63, 3.8) is 0 Å². The van der Waals surface area contributed by atoms with Crippen LogP contribution in [-0.2, 0) is 11.2 Å². The Labute approximate surface area is 127 Å². The monoisotopic (exact) mass is 310 g/mol. The first-order valence-corrected chi connectivity index (χ1v) is 8.55. The van der Waals surface area contributed by atoms with Crippen molar-refractivity contribution in [2.24, 2.45) is 0 Å². The summed E-state index contributed by atoms with van der Waals surface area (Å²) < 4.78 is 7.25. The summed E-state index contributed by atoms with van der Waals surface area (Å²) in [5, 5.41) is 8.82. The second-order valence-corrected chi connectivity index (χ2v) is 8.26. The van der Waals surface area contributed by atoms with Gasteiger partial charge >= 0.3 is 6.09 Å². The van der Waals surface area contributed by atoms with Gasteiger partial charge in [0.25, 0.3) is 0 Å². The van der Waals surface area contributed by atoms with Gasteiger partial charge < -0.3 is 4.74 Å². The fourth-order valence-electron chi connectivity index (χ4n) is 1.91. The van der Waals surface area contributed by atoms with Crippen LogP contribution in [0.25, 0.3) is 0 Å². The molecule has 0 spiro atoms. The van der Waals surface area contributed by atoms with Crippen molar-refractivity contribution in [3.05, 3.63) is 23.5 Å². The van der Waals surface area contributed by atoms with E-state index < -0.39 is 5.60 Å². The summed E-state index contributed by atoms with van der Waals surface area (Å²) in [5.74, 6) is 2.17. The summed E-state index contributed by atoms with van der Waals surface area (Å²) in [6.45, 7) is 5.55. The summed E-state index contributed by atoms with van der Waals surface area (Å²) in [4.78, 5) is 12.3. The van der Waals surface area contributed by atoms with Crippen molar-refractivity contribution in [1.82, 2.24) is 4.57 Å². The minimum atomic E-state index is -0.524. The number of ether oxygens (including phenoxy) is 1. The largest absolute Gasteiger partial charge is 0.443 e. The molecular weight excluding hydrogens is 292 g/mol. The number of thioether (sulfide) groups is 2. The van der Waals surface area contributed by atoms with E-state index in [9.17, 15) is 4.79 Å². The van der Waals surface area contributed by atoms with Gasteiger partial charge in [0.05, 0.1) is 22.8 Å². The molecule has 0 unspecified atom stereocenters. The fourth-order valence-corrected chi connectivity index (χ4v) is 4.77. The van der Waals surface area contributed by atoms with Crippen LogP contribution >= 0.6 is 23.5 Å². The second-order valence-electron chi connectivity index (χ2n) is 5.53. The molecule has 4 nitrogen and oxygen atoms in total. The van der Waals surface area contributed by atoms with E-state index in [1.165, 1.54) is 0 Å². The zero-order chi connectivity index (χ0) is 14.8. The lowest BCUT2D eigenvalue weighted by Gasteiger charge is -2.21. The molecule has 108 valence electrons. The first-order chi connectivity index (χ1) is 9.40. The van der Waals surface area contributed by atoms with Crippen molar-refractivity contribution in [3.8, 4) is 6.07 Å². The third-order valence-electron chi connectivity index (χ3n) is 2.64. The highest BCUT2D eigenvalue weighted by atomic mass is 32.2. The number of nitrogens with zero attached hydrogens (tertiary/aromatic N) is 2. The summed E-state index contributed by atoms with van der Waals surface area (Å²) in [6, 6.07) is 4.07. The molecule has 6 heteroatoms. The number of hydrogen-bond acceptors (Lipinski definition) is 5. The maximum absolute atomic E-state index is 12.3. The predicted octanol–water partition coefficient (Wildman–Crippen LogP) is 3.82. The van der Waals surface area contributed by atoms with Gasteiger partial charge in [-0.3, -0.25) is 4.57 Å². The smallest absolute Gasteiger partial charge is 0.418 e. The lowest BCUT2D eigenvalue weighted by Crippen LogP contribution is -2.27. The summed E-state index contributed by atoms with van der Waals surface area (Å²) in [6.07, 6.45) is 1.67. The molecule has 0 N–H and O–H groups in total. The van der Waals surface area contributed by atoms with Crippen LogP contribution < -0.4 is 0 Å². The highest BCUT2D eigenvalue weighted by Crippen LogP contribution is 2.45. The van der Waals surface area contributed by atoms with Crippen molar-refractivity contribution < 1.29 is 9.53 Å². The lowest BCUT2D eigenvalue weighted by molar-refractivity contribution is 0.0534. The molecule has 0 aliphatic carbocycles. The Morgan fingerprint density at radius 2 is 2.15 bits per heavy atom. The van der Waals surface area contributed by atoms with Crippen LogP contribution in [0.15, 0.2) is 12.3 Å². The average molecular weight is 310 g/mol. The lowest BCUT2D eigenvalue weighted by atomic mass is 10.2. The number of rotatable bonds is 2. The predicted molar refractivity (Wildman–Crippen MR) is 83.0 cm³/mol. The van der Waals surface area contributed by atoms with Gasteiger partial charge in [-0.2, -0.15) is 5.26 Å². The Morgan fingerprint density at radius 1 is 1.50 bits per heavy atom. The Morgan fingerprint density at radius 3 is 2.70 bits per heavy atom. The minimum Gasteiger partial charge on any atom is -0.443 e. The van der Waals surface area contributed by atoms with Crippen LogP contribution in [0.4, 0.5) is 4.79 Å². The van der Waals surface area contributed by atoms with Crippen LogP contribution in [0.3, 0.4) is 0 Å². The Hall–Kier alpha value is -1.06. The number of aromatic nitrogens is 1. The first-order valence-electron chi connectivity index (χ1n) is 6.45. The van der Waals surface area contributed by atoms with Gasteiger partial charge in [-0.05, 0) is 32.4 Å². The van der Waals surface area contributed by atoms with Crippen LogP contribution in [0.1, 0.15) is 36.6 Å². The molecule has 1 aromatic heterocycles. The molecule has 1 fully saturated rings. The quantitative estimate of drug-likeness (QED) is 0.831. The van der Waals surface area contributed by atoms with Crippen molar-refractivity contribution >= 4 is 29.6 Å². The number of carbonyl (C=O) groups excluding carboxylic acids is 1. The Balaban J connectivity index is 2.29. The van der Waals surface area contributed by atoms with Crippen molar-refractivity contribution in [2.45, 2.75) is 37.4 Å². The molecule has 20 heavy (non-hydrogen) atoms. The van der Waals surface area contributed by atoms with E-state index in [1.807, 2.05) is 50.4 Å². The molecule has 0 aromatic carbocycles. The average Bonchev–Trinajstić information content (AvgIpc) is 2.93. The van der Waals surface area contributed by atoms with Gasteiger partial charge in [0.15, 0.2) is 0 Å². The maximum atomic E-state index is 12.3. The Bertz CT molecular complexity index is 534. The summed E-state index contributed by atoms with van der Waals surface area (Å²) in [7, 11) is 0. The molecule has 2 heterocycles. The molecule has 0 saturated carbocycles. The van der Waals surface area contributed by atoms with E-state index in [2.05, 4.69) is 6.07 Å². The van der Waals surface area contributed by atoms with Gasteiger partial charge in [0.2, 0.25) is 0 Å². The number of carbonyl (C=O) groups is 1. The molecule has 2 rings (SSSR count). The molecule has 1 aromatic rings. The second kappa shape index (κ2) is 6.15. The molecular formula is C14H18N2O2S2. The van der Waals surface area contributed by atoms with Crippen LogP contribution in [0.5, 0.6) is 0 Å². The zero-order valence-electron chi connectivity index (χ0n) is 11.9. The van der Waals surface area contributed by atoms with E-state index in [-0.39, 0.29) is 10.7 Å². The normalized spacial score (nSPS) is 16.1.